The molecule has 0 rings (SSSR count). The van der Waals surface area contributed by atoms with Crippen molar-refractivity contribution in [3.8, 4) is 0 Å². The number of aliphatic hydroxyl groups excluding tert-OH is 2. The first kappa shape index (κ1) is 72.3. The summed E-state index contributed by atoms with van der Waals surface area (Å²) in [5.41, 5.74) is 0. The first-order chi connectivity index (χ1) is 36.5. The minimum Gasteiger partial charge on any atom is -0.466 e. The second-order valence-electron chi connectivity index (χ2n) is 23.1. The average molecular weight is 1040 g/mol. The van der Waals surface area contributed by atoms with Crippen LogP contribution in [0.15, 0.2) is 24.3 Å². The Morgan fingerprint density at radius 1 is 0.365 bits per heavy atom. The van der Waals surface area contributed by atoms with Crippen molar-refractivity contribution >= 4 is 11.9 Å². The highest BCUT2D eigenvalue weighted by Crippen LogP contribution is 2.18. The predicted molar refractivity (Wildman–Crippen MR) is 324 cm³/mol. The zero-order chi connectivity index (χ0) is 53.6. The molecular formula is C68H131NO5. The van der Waals surface area contributed by atoms with Gasteiger partial charge in [-0.05, 0) is 77.0 Å². The Kier molecular flexibility index (Phi) is 62.4. The molecule has 0 aromatic rings. The highest BCUT2D eigenvalue weighted by molar-refractivity contribution is 5.76. The van der Waals surface area contributed by atoms with E-state index in [-0.39, 0.29) is 18.5 Å². The lowest BCUT2D eigenvalue weighted by atomic mass is 10.0. The molecule has 438 valence electrons. The maximum Gasteiger partial charge on any atom is 0.305 e. The Hall–Kier alpha value is -1.66. The number of nitrogens with one attached hydrogen (secondary N) is 1. The Labute approximate surface area is 462 Å². The summed E-state index contributed by atoms with van der Waals surface area (Å²) in [6, 6.07) is -0.552. The summed E-state index contributed by atoms with van der Waals surface area (Å²) in [5.74, 6) is -0.0469. The van der Waals surface area contributed by atoms with Crippen LogP contribution in [0.2, 0.25) is 0 Å². The van der Waals surface area contributed by atoms with Crippen LogP contribution in [-0.4, -0.2) is 47.4 Å². The van der Waals surface area contributed by atoms with Crippen LogP contribution in [0.4, 0.5) is 0 Å². The van der Waals surface area contributed by atoms with Gasteiger partial charge in [0, 0.05) is 12.8 Å². The van der Waals surface area contributed by atoms with Crippen molar-refractivity contribution in [3.63, 3.8) is 0 Å². The number of unbranched alkanes of at least 4 members (excludes halogenated alkanes) is 48. The van der Waals surface area contributed by atoms with Crippen LogP contribution >= 0.6 is 0 Å². The number of allylic oxidation sites excluding steroid dienone is 4. The summed E-state index contributed by atoms with van der Waals surface area (Å²) < 4.78 is 5.49. The molecule has 0 aliphatic heterocycles. The third-order valence-corrected chi connectivity index (χ3v) is 15.7. The maximum atomic E-state index is 12.5. The lowest BCUT2D eigenvalue weighted by Crippen LogP contribution is -2.45. The molecule has 0 aromatic heterocycles. The number of esters is 1. The molecule has 6 heteroatoms. The summed E-state index contributed by atoms with van der Waals surface area (Å²) in [4.78, 5) is 24.6. The minimum absolute atomic E-state index is 0.00367. The minimum atomic E-state index is -0.674. The number of amides is 1. The van der Waals surface area contributed by atoms with Gasteiger partial charge in [0.15, 0.2) is 0 Å². The molecule has 0 bridgehead atoms. The van der Waals surface area contributed by atoms with Crippen molar-refractivity contribution in [1.82, 2.24) is 5.32 Å². The number of hydrogen-bond donors (Lipinski definition) is 3. The topological polar surface area (TPSA) is 95.9 Å². The van der Waals surface area contributed by atoms with E-state index in [0.717, 1.165) is 57.8 Å². The van der Waals surface area contributed by atoms with E-state index in [9.17, 15) is 19.8 Å². The number of aliphatic hydroxyl groups is 2. The SMILES string of the molecule is CCCCCCCCC/C=C\CCCCCCCCCC(=O)OCCCCCCCC/C=C\CCCCCCCCCC(=O)NC(CO)C(O)CCCCCCCCCCCCCCCCCCCCCCCC. The van der Waals surface area contributed by atoms with E-state index in [2.05, 4.69) is 43.5 Å². The molecule has 0 heterocycles. The first-order valence-electron chi connectivity index (χ1n) is 33.6. The molecular weight excluding hydrogens is 911 g/mol. The van der Waals surface area contributed by atoms with Crippen LogP contribution in [0, 0.1) is 0 Å². The summed E-state index contributed by atoms with van der Waals surface area (Å²) in [5, 5.41) is 23.4. The fourth-order valence-corrected chi connectivity index (χ4v) is 10.6. The number of ether oxygens (including phenoxy) is 1. The van der Waals surface area contributed by atoms with Crippen LogP contribution in [0.5, 0.6) is 0 Å². The van der Waals surface area contributed by atoms with Crippen LogP contribution in [-0.2, 0) is 14.3 Å². The van der Waals surface area contributed by atoms with Gasteiger partial charge >= 0.3 is 5.97 Å². The molecule has 2 atom stereocenters. The Bertz CT molecular complexity index is 1150. The molecule has 0 aliphatic carbocycles. The van der Waals surface area contributed by atoms with E-state index in [4.69, 9.17) is 4.74 Å². The van der Waals surface area contributed by atoms with Crippen molar-refractivity contribution in [1.29, 1.82) is 0 Å². The zero-order valence-electron chi connectivity index (χ0n) is 50.1. The molecule has 0 aliphatic rings. The van der Waals surface area contributed by atoms with E-state index in [0.29, 0.717) is 25.9 Å². The van der Waals surface area contributed by atoms with Gasteiger partial charge in [-0.2, -0.15) is 0 Å². The van der Waals surface area contributed by atoms with E-state index >= 15 is 0 Å². The van der Waals surface area contributed by atoms with Gasteiger partial charge < -0.3 is 20.3 Å². The Balaban J connectivity index is 3.44. The molecule has 2 unspecified atom stereocenters. The van der Waals surface area contributed by atoms with E-state index in [1.165, 1.54) is 283 Å². The average Bonchev–Trinajstić information content (AvgIpc) is 3.40. The van der Waals surface area contributed by atoms with E-state index < -0.39 is 12.1 Å². The number of carbonyl (C=O) groups excluding carboxylic acids is 2. The smallest absolute Gasteiger partial charge is 0.305 e. The predicted octanol–water partition coefficient (Wildman–Crippen LogP) is 21.4. The zero-order valence-corrected chi connectivity index (χ0v) is 50.1. The molecule has 0 radical (unpaired) electrons. The van der Waals surface area contributed by atoms with Crippen LogP contribution < -0.4 is 5.32 Å². The summed E-state index contributed by atoms with van der Waals surface area (Å²) in [6.45, 7) is 4.96. The molecule has 6 nitrogen and oxygen atoms in total. The number of rotatable bonds is 63. The highest BCUT2D eigenvalue weighted by Gasteiger charge is 2.20. The fraction of sp³-hybridized carbons (Fsp3) is 0.912. The van der Waals surface area contributed by atoms with Crippen LogP contribution in [0.1, 0.15) is 373 Å². The highest BCUT2D eigenvalue weighted by atomic mass is 16.5. The lowest BCUT2D eigenvalue weighted by molar-refractivity contribution is -0.143. The summed E-state index contributed by atoms with van der Waals surface area (Å²) in [7, 11) is 0. The summed E-state index contributed by atoms with van der Waals surface area (Å²) >= 11 is 0. The van der Waals surface area contributed by atoms with E-state index in [1.54, 1.807) is 0 Å². The van der Waals surface area contributed by atoms with Gasteiger partial charge in [-0.3, -0.25) is 9.59 Å². The van der Waals surface area contributed by atoms with Gasteiger partial charge in [0.1, 0.15) is 0 Å². The van der Waals surface area contributed by atoms with Crippen molar-refractivity contribution in [2.24, 2.45) is 0 Å². The van der Waals surface area contributed by atoms with Gasteiger partial charge in [0.05, 0.1) is 25.4 Å². The van der Waals surface area contributed by atoms with E-state index in [1.807, 2.05) is 0 Å². The maximum absolute atomic E-state index is 12.5. The number of hydrogen-bond acceptors (Lipinski definition) is 5. The molecule has 0 spiro atoms. The third kappa shape index (κ3) is 59.6. The van der Waals surface area contributed by atoms with Crippen LogP contribution in [0.3, 0.4) is 0 Å². The molecule has 0 saturated carbocycles. The van der Waals surface area contributed by atoms with Gasteiger partial charge in [-0.25, -0.2) is 0 Å². The quantitative estimate of drug-likeness (QED) is 0.0320. The molecule has 1 amide bonds. The largest absolute Gasteiger partial charge is 0.466 e. The molecule has 0 saturated heterocycles. The first-order valence-corrected chi connectivity index (χ1v) is 33.6. The third-order valence-electron chi connectivity index (χ3n) is 15.7. The second kappa shape index (κ2) is 63.9. The molecule has 3 N–H and O–H groups in total. The monoisotopic (exact) mass is 1040 g/mol. The Morgan fingerprint density at radius 2 is 0.635 bits per heavy atom. The molecule has 74 heavy (non-hydrogen) atoms. The van der Waals surface area contributed by atoms with Gasteiger partial charge in [-0.1, -0.05) is 308 Å². The Morgan fingerprint density at radius 3 is 0.959 bits per heavy atom. The van der Waals surface area contributed by atoms with Crippen molar-refractivity contribution in [3.05, 3.63) is 24.3 Å². The summed E-state index contributed by atoms with van der Waals surface area (Å²) in [6.07, 6.45) is 79.1. The number of carbonyl (C=O) groups is 2. The van der Waals surface area contributed by atoms with Gasteiger partial charge in [0.25, 0.3) is 0 Å². The lowest BCUT2D eigenvalue weighted by Gasteiger charge is -2.22. The normalized spacial score (nSPS) is 12.6. The van der Waals surface area contributed by atoms with Crippen molar-refractivity contribution in [2.75, 3.05) is 13.2 Å². The van der Waals surface area contributed by atoms with Gasteiger partial charge in [-0.15, -0.1) is 0 Å². The van der Waals surface area contributed by atoms with Crippen molar-refractivity contribution in [2.45, 2.75) is 386 Å². The second-order valence-corrected chi connectivity index (χ2v) is 23.1. The van der Waals surface area contributed by atoms with Crippen LogP contribution in [0.25, 0.3) is 0 Å². The standard InChI is InChI=1S/C68H131NO5/c1-3-5-7-9-11-13-15-17-19-21-23-24-25-26-28-32-36-40-44-48-52-56-60-66(71)65(64-70)69-67(72)61-57-53-49-45-41-37-33-29-27-31-35-39-43-47-51-55-59-63-74-68(73)62-58-54-50-46-42-38-34-30-22-20-18-16-14-12-10-8-6-4-2/h20,22,27,31,65-66,70-71H,3-19,21,23-26,28-30,32-64H2,1-2H3,(H,69,72)/b22-20-,31-27-. The fourth-order valence-electron chi connectivity index (χ4n) is 10.6. The molecule has 0 fully saturated rings. The molecule has 0 aromatic carbocycles. The van der Waals surface area contributed by atoms with Gasteiger partial charge in [0.2, 0.25) is 5.91 Å². The van der Waals surface area contributed by atoms with Crippen molar-refractivity contribution < 1.29 is 24.5 Å².